The molecule has 0 bridgehead atoms. The zero-order valence-corrected chi connectivity index (χ0v) is 17.2. The number of benzene rings is 1. The Morgan fingerprint density at radius 2 is 1.89 bits per heavy atom. The third-order valence-corrected chi connectivity index (χ3v) is 4.61. The highest BCUT2D eigenvalue weighted by molar-refractivity contribution is 5.94. The number of carbonyl (C=O) groups is 1. The van der Waals surface area contributed by atoms with E-state index in [1.54, 1.807) is 7.11 Å². The van der Waals surface area contributed by atoms with Crippen LogP contribution in [-0.4, -0.2) is 51.0 Å². The molecule has 2 rings (SSSR count). The first-order chi connectivity index (χ1) is 13.4. The third-order valence-electron chi connectivity index (χ3n) is 4.61. The van der Waals surface area contributed by atoms with Crippen molar-refractivity contribution in [1.29, 1.82) is 0 Å². The lowest BCUT2D eigenvalue weighted by Crippen LogP contribution is -2.38. The van der Waals surface area contributed by atoms with Gasteiger partial charge in [0.15, 0.2) is 6.29 Å². The minimum Gasteiger partial charge on any atom is -0.493 e. The van der Waals surface area contributed by atoms with Gasteiger partial charge in [-0.1, -0.05) is 27.2 Å². The van der Waals surface area contributed by atoms with Crippen molar-refractivity contribution >= 4 is 18.1 Å². The number of hydrogen-bond donors (Lipinski definition) is 0. The molecule has 0 radical (unpaired) electrons. The van der Waals surface area contributed by atoms with Crippen LogP contribution in [0.1, 0.15) is 49.5 Å². The maximum Gasteiger partial charge on any atom is 0.209 e. The first-order valence-corrected chi connectivity index (χ1v) is 9.58. The molecule has 1 unspecified atom stereocenters. The fraction of sp³-hybridized carbons (Fsp3) is 0.571. The molecule has 1 heterocycles. The molecule has 0 saturated carbocycles. The van der Waals surface area contributed by atoms with Crippen LogP contribution in [0.3, 0.4) is 0 Å². The number of hydrogen-bond acceptors (Lipinski definition) is 6. The lowest BCUT2D eigenvalue weighted by atomic mass is 9.99. The van der Waals surface area contributed by atoms with Crippen molar-refractivity contribution in [3.63, 3.8) is 0 Å². The monoisotopic (exact) mass is 392 g/mol. The van der Waals surface area contributed by atoms with Crippen LogP contribution in [0.2, 0.25) is 0 Å². The molecule has 1 aromatic rings. The summed E-state index contributed by atoms with van der Waals surface area (Å²) in [4.78, 5) is 20.6. The van der Waals surface area contributed by atoms with Gasteiger partial charge < -0.3 is 14.2 Å². The Labute approximate surface area is 165 Å². The molecular weight excluding hydrogens is 363 g/mol. The van der Waals surface area contributed by atoms with Gasteiger partial charge in [0.2, 0.25) is 11.8 Å². The summed E-state index contributed by atoms with van der Waals surface area (Å²) >= 11 is 0. The first kappa shape index (κ1) is 21.9. The number of halogens is 1. The lowest BCUT2D eigenvalue weighted by Gasteiger charge is -2.27. The van der Waals surface area contributed by atoms with E-state index in [9.17, 15) is 9.18 Å². The van der Waals surface area contributed by atoms with Crippen molar-refractivity contribution in [2.24, 2.45) is 15.9 Å². The van der Waals surface area contributed by atoms with Crippen molar-refractivity contribution < 1.29 is 23.4 Å². The van der Waals surface area contributed by atoms with E-state index in [4.69, 9.17) is 14.2 Å². The molecule has 0 amide bonds. The second kappa shape index (κ2) is 10.2. The van der Waals surface area contributed by atoms with Crippen molar-refractivity contribution in [2.45, 2.75) is 52.1 Å². The van der Waals surface area contributed by atoms with Crippen LogP contribution in [0, 0.1) is 11.7 Å². The summed E-state index contributed by atoms with van der Waals surface area (Å²) in [6, 6.07) is 2.02. The number of methoxy groups -OCH3 is 2. The van der Waals surface area contributed by atoms with Gasteiger partial charge >= 0.3 is 0 Å². The molecule has 0 aromatic heterocycles. The first-order valence-electron chi connectivity index (χ1n) is 9.58. The smallest absolute Gasteiger partial charge is 0.209 e. The minimum atomic E-state index is -0.518. The molecule has 0 fully saturated rings. The number of unbranched alkanes of at least 4 members (excludes halogenated alkanes) is 1. The molecule has 7 heteroatoms. The van der Waals surface area contributed by atoms with E-state index in [1.165, 1.54) is 19.2 Å². The summed E-state index contributed by atoms with van der Waals surface area (Å²) in [5, 5.41) is 0. The van der Waals surface area contributed by atoms with Crippen LogP contribution in [0.25, 0.3) is 0 Å². The number of aldehydes is 1. The van der Waals surface area contributed by atoms with Gasteiger partial charge in [-0.25, -0.2) is 14.4 Å². The molecule has 0 N–H and O–H groups in total. The summed E-state index contributed by atoms with van der Waals surface area (Å²) in [5.41, 5.74) is 0.664. The van der Waals surface area contributed by atoms with Crippen LogP contribution in [0.5, 0.6) is 5.75 Å². The molecule has 1 aliphatic heterocycles. The molecule has 28 heavy (non-hydrogen) atoms. The zero-order chi connectivity index (χ0) is 20.7. The Balaban J connectivity index is 2.29. The molecule has 1 aromatic carbocycles. The minimum absolute atomic E-state index is 0.183. The normalized spacial score (nSPS) is 19.1. The Bertz CT molecular complexity index is 746. The average Bonchev–Trinajstić information content (AvgIpc) is 2.69. The average molecular weight is 392 g/mol. The fourth-order valence-electron chi connectivity index (χ4n) is 3.02. The van der Waals surface area contributed by atoms with Crippen molar-refractivity contribution in [3.05, 3.63) is 29.1 Å². The van der Waals surface area contributed by atoms with Crippen molar-refractivity contribution in [2.75, 3.05) is 20.8 Å². The molecule has 154 valence electrons. The van der Waals surface area contributed by atoms with Crippen molar-refractivity contribution in [3.8, 4) is 5.75 Å². The summed E-state index contributed by atoms with van der Waals surface area (Å²) in [6.07, 6.45) is 2.67. The summed E-state index contributed by atoms with van der Waals surface area (Å²) in [6.45, 7) is 6.51. The molecule has 1 aliphatic rings. The van der Waals surface area contributed by atoms with E-state index >= 15 is 0 Å². The maximum atomic E-state index is 14.7. The quantitative estimate of drug-likeness (QED) is 0.498. The summed E-state index contributed by atoms with van der Waals surface area (Å²) in [7, 11) is 3.07. The van der Waals surface area contributed by atoms with E-state index in [0.29, 0.717) is 35.8 Å². The molecule has 0 aliphatic carbocycles. The van der Waals surface area contributed by atoms with Gasteiger partial charge in [0, 0.05) is 12.5 Å². The Morgan fingerprint density at radius 3 is 2.46 bits per heavy atom. The second-order valence-corrected chi connectivity index (χ2v) is 7.05. The van der Waals surface area contributed by atoms with Crippen LogP contribution in [0.15, 0.2) is 22.1 Å². The zero-order valence-electron chi connectivity index (χ0n) is 17.2. The Kier molecular flexibility index (Phi) is 7.96. The lowest BCUT2D eigenvalue weighted by molar-refractivity contribution is 0.111. The highest BCUT2D eigenvalue weighted by Gasteiger charge is 2.31. The number of carbonyl (C=O) groups excluding carboxylic acids is 1. The van der Waals surface area contributed by atoms with Gasteiger partial charge in [0.25, 0.3) is 0 Å². The standard InChI is InChI=1S/C21H29FN2O4/c1-6-7-8-28-18-11-16(22)14(9-15(18)12-25)10-17-20(26-4)24-19(13(2)3)21(23-17)27-5/h9,11-13,17,19H,6-8,10H2,1-5H3/t17-,19?/m0/s1. The van der Waals surface area contributed by atoms with Gasteiger partial charge in [-0.2, -0.15) is 0 Å². The predicted molar refractivity (Wildman–Crippen MR) is 107 cm³/mol. The molecule has 6 nitrogen and oxygen atoms in total. The second-order valence-electron chi connectivity index (χ2n) is 7.05. The van der Waals surface area contributed by atoms with E-state index in [2.05, 4.69) is 9.98 Å². The summed E-state index contributed by atoms with van der Waals surface area (Å²) in [5.74, 6) is 0.913. The Morgan fingerprint density at radius 1 is 1.18 bits per heavy atom. The van der Waals surface area contributed by atoms with Gasteiger partial charge in [0.1, 0.15) is 23.7 Å². The van der Waals surface area contributed by atoms with Crippen LogP contribution >= 0.6 is 0 Å². The van der Waals surface area contributed by atoms with Crippen molar-refractivity contribution in [1.82, 2.24) is 0 Å². The molecule has 0 spiro atoms. The largest absolute Gasteiger partial charge is 0.493 e. The van der Waals surface area contributed by atoms with Crippen LogP contribution in [0.4, 0.5) is 4.39 Å². The number of rotatable bonds is 8. The van der Waals surface area contributed by atoms with Gasteiger partial charge in [-0.15, -0.1) is 0 Å². The van der Waals surface area contributed by atoms with Gasteiger partial charge in [-0.3, -0.25) is 4.79 Å². The molecule has 2 atom stereocenters. The van der Waals surface area contributed by atoms with Gasteiger partial charge in [-0.05, 0) is 24.0 Å². The highest BCUT2D eigenvalue weighted by atomic mass is 19.1. The molecule has 0 saturated heterocycles. The van der Waals surface area contributed by atoms with Crippen LogP contribution in [-0.2, 0) is 15.9 Å². The van der Waals surface area contributed by atoms with Gasteiger partial charge in [0.05, 0.1) is 26.4 Å². The maximum absolute atomic E-state index is 14.7. The number of aliphatic imine (C=N–C) groups is 2. The van der Waals surface area contributed by atoms with E-state index < -0.39 is 11.9 Å². The van der Waals surface area contributed by atoms with Crippen LogP contribution < -0.4 is 4.74 Å². The fourth-order valence-corrected chi connectivity index (χ4v) is 3.02. The SMILES string of the molecule is CCCCOc1cc(F)c(C[C@@H]2N=C(OC)C(C(C)C)N=C2OC)cc1C=O. The summed E-state index contributed by atoms with van der Waals surface area (Å²) < 4.78 is 31.0. The predicted octanol–water partition coefficient (Wildman–Crippen LogP) is 3.86. The number of ether oxygens (including phenoxy) is 3. The third kappa shape index (κ3) is 5.09. The number of nitrogens with zero attached hydrogens (tertiary/aromatic N) is 2. The van der Waals surface area contributed by atoms with E-state index in [0.717, 1.165) is 12.8 Å². The Hall–Kier alpha value is -2.44. The highest BCUT2D eigenvalue weighted by Crippen LogP contribution is 2.26. The van der Waals surface area contributed by atoms with E-state index in [-0.39, 0.29) is 24.1 Å². The topological polar surface area (TPSA) is 69.5 Å². The van der Waals surface area contributed by atoms with E-state index in [1.807, 2.05) is 20.8 Å². The molecular formula is C21H29FN2O4.